The predicted octanol–water partition coefficient (Wildman–Crippen LogP) is 4.05. The van der Waals surface area contributed by atoms with E-state index in [1.54, 1.807) is 6.92 Å². The molecule has 248 valence electrons. The summed E-state index contributed by atoms with van der Waals surface area (Å²) in [5.41, 5.74) is -7.69. The maximum atomic E-state index is 14.7. The third kappa shape index (κ3) is 5.41. The number of allylic oxidation sites excluding steroid dienone is 1. The first-order chi connectivity index (χ1) is 21.5. The van der Waals surface area contributed by atoms with E-state index in [2.05, 4.69) is 6.58 Å². The summed E-state index contributed by atoms with van der Waals surface area (Å²) >= 11 is 0. The number of esters is 3. The van der Waals surface area contributed by atoms with Crippen LogP contribution in [-0.4, -0.2) is 72.1 Å². The average Bonchev–Trinajstić information content (AvgIpc) is 3.52. The quantitative estimate of drug-likeness (QED) is 0.152. The molecule has 1 aromatic carbocycles. The molecule has 4 bridgehead atoms. The van der Waals surface area contributed by atoms with Crippen LogP contribution in [0.2, 0.25) is 0 Å². The van der Waals surface area contributed by atoms with Crippen LogP contribution in [0.25, 0.3) is 0 Å². The fraction of sp³-hybridized carbons (Fsp3) is 0.500. The number of benzene rings is 1. The summed E-state index contributed by atoms with van der Waals surface area (Å²) in [7, 11) is 0.694. The Morgan fingerprint density at radius 1 is 1.15 bits per heavy atom. The minimum absolute atomic E-state index is 0.00931. The van der Waals surface area contributed by atoms with Crippen molar-refractivity contribution in [2.24, 2.45) is 5.92 Å². The first-order valence-corrected chi connectivity index (χ1v) is 14.4. The molecule has 5 rings (SSSR count). The highest BCUT2D eigenvalue weighted by molar-refractivity contribution is 5.88. The third-order valence-corrected chi connectivity index (χ3v) is 8.84. The van der Waals surface area contributed by atoms with Crippen LogP contribution in [-0.2, 0) is 50.1 Å². The molecule has 0 saturated carbocycles. The fourth-order valence-corrected chi connectivity index (χ4v) is 6.41. The molecule has 2 fully saturated rings. The van der Waals surface area contributed by atoms with Gasteiger partial charge in [-0.25, -0.2) is 9.59 Å². The number of fused-ring (bicyclic) bond motifs is 2. The minimum atomic E-state index is -5.33. The number of aliphatic hydroxyl groups is 1. The van der Waals surface area contributed by atoms with E-state index in [0.29, 0.717) is 19.0 Å². The molecule has 3 aliphatic heterocycles. The Balaban J connectivity index is 1.63. The first kappa shape index (κ1) is 33.4. The molecule has 0 aliphatic carbocycles. The number of epoxide rings is 1. The van der Waals surface area contributed by atoms with E-state index in [0.717, 1.165) is 32.0 Å². The van der Waals surface area contributed by atoms with Gasteiger partial charge in [0.15, 0.2) is 12.4 Å². The summed E-state index contributed by atoms with van der Waals surface area (Å²) in [5.74, 6) is -4.37. The number of furan rings is 1. The van der Waals surface area contributed by atoms with E-state index in [9.17, 15) is 37.5 Å². The number of carbonyl (C=O) groups is 4. The lowest BCUT2D eigenvalue weighted by atomic mass is 9.82. The summed E-state index contributed by atoms with van der Waals surface area (Å²) in [5, 5.41) is 11.8. The molecule has 1 aromatic heterocycles. The minimum Gasteiger partial charge on any atom is -0.461 e. The van der Waals surface area contributed by atoms with Crippen molar-refractivity contribution in [3.63, 3.8) is 0 Å². The molecule has 2 saturated heterocycles. The number of hydrogen-bond donors (Lipinski definition) is 1. The van der Waals surface area contributed by atoms with Crippen LogP contribution in [0.4, 0.5) is 13.2 Å². The molecule has 0 amide bonds. The van der Waals surface area contributed by atoms with Crippen molar-refractivity contribution < 1.29 is 65.6 Å². The number of hydrogen-bond acceptors (Lipinski definition) is 11. The van der Waals surface area contributed by atoms with Gasteiger partial charge >= 0.3 is 24.1 Å². The summed E-state index contributed by atoms with van der Waals surface area (Å²) < 4.78 is 77.4. The van der Waals surface area contributed by atoms with Crippen molar-refractivity contribution in [2.45, 2.75) is 87.4 Å². The number of methoxy groups -OCH3 is 1. The summed E-state index contributed by atoms with van der Waals surface area (Å²) in [6.45, 7) is 7.97. The van der Waals surface area contributed by atoms with E-state index in [1.807, 2.05) is 0 Å². The van der Waals surface area contributed by atoms with Crippen LogP contribution in [0.3, 0.4) is 0 Å². The smallest absolute Gasteiger partial charge is 0.432 e. The maximum absolute atomic E-state index is 14.7. The summed E-state index contributed by atoms with van der Waals surface area (Å²) in [6, 6.07) is 7.24. The van der Waals surface area contributed by atoms with E-state index < -0.39 is 83.2 Å². The largest absolute Gasteiger partial charge is 0.461 e. The van der Waals surface area contributed by atoms with E-state index in [-0.39, 0.29) is 29.9 Å². The second-order valence-electron chi connectivity index (χ2n) is 12.1. The van der Waals surface area contributed by atoms with Gasteiger partial charge in [-0.05, 0) is 32.3 Å². The monoisotopic (exact) mass is 650 g/mol. The number of ether oxygens (including phenoxy) is 5. The summed E-state index contributed by atoms with van der Waals surface area (Å²) in [6.07, 6.45) is -10.8. The van der Waals surface area contributed by atoms with Crippen LogP contribution in [0, 0.1) is 5.92 Å². The van der Waals surface area contributed by atoms with Crippen LogP contribution in [0.15, 0.2) is 53.0 Å². The van der Waals surface area contributed by atoms with Gasteiger partial charge in [0.05, 0.1) is 5.56 Å². The van der Waals surface area contributed by atoms with Gasteiger partial charge in [-0.1, -0.05) is 42.5 Å². The molecule has 0 radical (unpaired) electrons. The number of aldehydes is 1. The Morgan fingerprint density at radius 3 is 2.37 bits per heavy atom. The molecule has 2 aromatic rings. The van der Waals surface area contributed by atoms with Crippen molar-refractivity contribution >= 4 is 24.2 Å². The first-order valence-electron chi connectivity index (χ1n) is 14.4. The Morgan fingerprint density at radius 2 is 1.83 bits per heavy atom. The molecule has 14 heteroatoms. The Labute approximate surface area is 261 Å². The van der Waals surface area contributed by atoms with Gasteiger partial charge in [-0.2, -0.15) is 13.2 Å². The number of carbonyl (C=O) groups excluding carboxylic acids is 4. The SMILES string of the molecule is C=C(C)[C@H]1Cc2oc(cc2C=O)[C@@H](OC(=O)[C@@](OC)(c2ccccc2)C(F)(F)F)[C@@](C)(O)C[C@@H]2OC(=O)[C@]3(O[C@@H]23)[C@H](OC(C)=O)C1. The number of alkyl halides is 3. The van der Waals surface area contributed by atoms with Gasteiger partial charge in [0, 0.05) is 32.4 Å². The molecular weight excluding hydrogens is 617 g/mol. The second kappa shape index (κ2) is 11.7. The van der Waals surface area contributed by atoms with Gasteiger partial charge in [0.25, 0.3) is 5.60 Å². The number of rotatable bonds is 7. The second-order valence-corrected chi connectivity index (χ2v) is 12.1. The standard InChI is InChI=1S/C32H33F3O11/c1-16(2)18-11-21-19(15-36)12-22(43-21)25(45-28(39)31(41-5,32(33,34)35)20-9-7-6-8-10-20)29(4,40)14-23-26-30(46-26,27(38)44-23)24(13-18)42-17(3)37/h6-10,12,15,18,23-26,40H,1,11,13-14H2,2-5H3/t18-,23-,24+,25+,26-,29-,30-,31-/m0/s1. The highest BCUT2D eigenvalue weighted by atomic mass is 19.4. The maximum Gasteiger partial charge on any atom is 0.432 e. The van der Waals surface area contributed by atoms with Crippen molar-refractivity contribution in [3.8, 4) is 0 Å². The van der Waals surface area contributed by atoms with Crippen molar-refractivity contribution in [1.82, 2.24) is 0 Å². The third-order valence-electron chi connectivity index (χ3n) is 8.84. The van der Waals surface area contributed by atoms with Crippen LogP contribution < -0.4 is 0 Å². The lowest BCUT2D eigenvalue weighted by molar-refractivity contribution is -0.282. The topological polar surface area (TPSA) is 151 Å². The van der Waals surface area contributed by atoms with Gasteiger partial charge in [-0.3, -0.25) is 9.59 Å². The molecule has 3 aliphatic rings. The van der Waals surface area contributed by atoms with Gasteiger partial charge < -0.3 is 33.2 Å². The highest BCUT2D eigenvalue weighted by Crippen LogP contribution is 2.55. The molecule has 0 spiro atoms. The van der Waals surface area contributed by atoms with Crippen LogP contribution in [0.1, 0.15) is 67.2 Å². The van der Waals surface area contributed by atoms with E-state index >= 15 is 0 Å². The van der Waals surface area contributed by atoms with Gasteiger partial charge in [0.1, 0.15) is 35.4 Å². The normalized spacial score (nSPS) is 31.9. The molecular formula is C32H33F3O11. The van der Waals surface area contributed by atoms with Gasteiger partial charge in [0.2, 0.25) is 5.60 Å². The van der Waals surface area contributed by atoms with Crippen molar-refractivity contribution in [3.05, 3.63) is 71.2 Å². The molecule has 0 unspecified atom stereocenters. The lowest BCUT2D eigenvalue weighted by Gasteiger charge is -2.37. The molecule has 4 heterocycles. The Hall–Kier alpha value is -4.01. The fourth-order valence-electron chi connectivity index (χ4n) is 6.41. The molecule has 8 atom stereocenters. The van der Waals surface area contributed by atoms with Crippen molar-refractivity contribution in [1.29, 1.82) is 0 Å². The number of halogens is 3. The summed E-state index contributed by atoms with van der Waals surface area (Å²) in [4.78, 5) is 51.2. The van der Waals surface area contributed by atoms with E-state index in [4.69, 9.17) is 28.1 Å². The van der Waals surface area contributed by atoms with E-state index in [1.165, 1.54) is 18.2 Å². The van der Waals surface area contributed by atoms with Crippen molar-refractivity contribution in [2.75, 3.05) is 7.11 Å². The molecule has 11 nitrogen and oxygen atoms in total. The van der Waals surface area contributed by atoms with Crippen LogP contribution in [0.5, 0.6) is 0 Å². The zero-order valence-electron chi connectivity index (χ0n) is 25.4. The van der Waals surface area contributed by atoms with Gasteiger partial charge in [-0.15, -0.1) is 0 Å². The highest BCUT2D eigenvalue weighted by Gasteiger charge is 2.78. The predicted molar refractivity (Wildman–Crippen MR) is 149 cm³/mol. The lowest BCUT2D eigenvalue weighted by Crippen LogP contribution is -2.53. The zero-order chi connectivity index (χ0) is 33.8. The average molecular weight is 651 g/mol. The Kier molecular flexibility index (Phi) is 8.45. The Bertz CT molecular complexity index is 1550. The molecule has 1 N–H and O–H groups in total. The van der Waals surface area contributed by atoms with Crippen LogP contribution >= 0.6 is 0 Å². The zero-order valence-corrected chi connectivity index (χ0v) is 25.4. The molecule has 46 heavy (non-hydrogen) atoms.